The molecule has 0 bridgehead atoms. The lowest BCUT2D eigenvalue weighted by molar-refractivity contribution is 0.0734. The molecule has 39 heavy (non-hydrogen) atoms. The molecule has 0 aliphatic heterocycles. The molecule has 0 unspecified atom stereocenters. The van der Waals surface area contributed by atoms with Crippen LogP contribution < -0.4 is 9.47 Å². The van der Waals surface area contributed by atoms with Gasteiger partial charge in [0, 0.05) is 6.21 Å². The topological polar surface area (TPSA) is 72.6 Å². The van der Waals surface area contributed by atoms with E-state index in [1.165, 1.54) is 25.7 Å². The number of esters is 1. The van der Waals surface area contributed by atoms with E-state index < -0.39 is 5.97 Å². The van der Waals surface area contributed by atoms with Crippen molar-refractivity contribution < 1.29 is 14.3 Å². The zero-order valence-corrected chi connectivity index (χ0v) is 22.2. The first-order chi connectivity index (χ1) is 19.2. The Kier molecular flexibility index (Phi) is 10.5. The van der Waals surface area contributed by atoms with Gasteiger partial charge in [0.25, 0.3) is 0 Å². The van der Waals surface area contributed by atoms with Crippen LogP contribution in [0.3, 0.4) is 0 Å². The van der Waals surface area contributed by atoms with Crippen molar-refractivity contribution in [2.75, 3.05) is 6.61 Å². The summed E-state index contributed by atoms with van der Waals surface area (Å²) in [4.78, 5) is 17.2. The third kappa shape index (κ3) is 9.34. The molecule has 0 saturated carbocycles. The van der Waals surface area contributed by atoms with E-state index in [9.17, 15) is 4.79 Å². The largest absolute Gasteiger partial charge is 0.494 e. The maximum atomic E-state index is 12.6. The molecule has 6 heteroatoms. The van der Waals surface area contributed by atoms with Gasteiger partial charge in [-0.2, -0.15) is 10.2 Å². The highest BCUT2D eigenvalue weighted by molar-refractivity contribution is 5.91. The lowest BCUT2D eigenvalue weighted by Crippen LogP contribution is -2.08. The van der Waals surface area contributed by atoms with Crippen molar-refractivity contribution in [2.45, 2.75) is 39.0 Å². The van der Waals surface area contributed by atoms with Crippen LogP contribution in [-0.2, 0) is 0 Å². The van der Waals surface area contributed by atoms with Crippen molar-refractivity contribution in [3.8, 4) is 11.5 Å². The van der Waals surface area contributed by atoms with E-state index in [0.717, 1.165) is 34.8 Å². The Morgan fingerprint density at radius 2 is 1.38 bits per heavy atom. The molecule has 0 atom stereocenters. The molecule has 0 fully saturated rings. The summed E-state index contributed by atoms with van der Waals surface area (Å²) < 4.78 is 11.4. The van der Waals surface area contributed by atoms with Crippen LogP contribution in [0.2, 0.25) is 0 Å². The zero-order chi connectivity index (χ0) is 27.1. The van der Waals surface area contributed by atoms with Crippen LogP contribution in [0.5, 0.6) is 11.5 Å². The highest BCUT2D eigenvalue weighted by Crippen LogP contribution is 2.22. The molecule has 0 radical (unpaired) electrons. The summed E-state index contributed by atoms with van der Waals surface area (Å²) in [7, 11) is 0. The Labute approximate surface area is 230 Å². The molecular weight excluding hydrogens is 486 g/mol. The van der Waals surface area contributed by atoms with Gasteiger partial charge >= 0.3 is 5.97 Å². The Bertz CT molecular complexity index is 1370. The number of hydrogen-bond acceptors (Lipinski definition) is 6. The number of rotatable bonds is 13. The normalized spacial score (nSPS) is 11.2. The van der Waals surface area contributed by atoms with E-state index in [4.69, 9.17) is 9.47 Å². The van der Waals surface area contributed by atoms with Gasteiger partial charge < -0.3 is 9.47 Å². The summed E-state index contributed by atoms with van der Waals surface area (Å²) in [6, 6.07) is 31.4. The van der Waals surface area contributed by atoms with Gasteiger partial charge in [0.05, 0.1) is 29.2 Å². The van der Waals surface area contributed by atoms with Gasteiger partial charge in [-0.3, -0.25) is 4.99 Å². The number of hydrogen-bond donors (Lipinski definition) is 0. The molecule has 6 nitrogen and oxygen atoms in total. The predicted octanol–water partition coefficient (Wildman–Crippen LogP) is 9.42. The van der Waals surface area contributed by atoms with Crippen LogP contribution in [0.25, 0.3) is 0 Å². The van der Waals surface area contributed by atoms with Crippen molar-refractivity contribution in [2.24, 2.45) is 15.2 Å². The van der Waals surface area contributed by atoms with Crippen LogP contribution in [0.15, 0.2) is 118 Å². The Balaban J connectivity index is 1.28. The third-order valence-electron chi connectivity index (χ3n) is 5.92. The lowest BCUT2D eigenvalue weighted by Gasteiger charge is -2.08. The predicted molar refractivity (Wildman–Crippen MR) is 156 cm³/mol. The van der Waals surface area contributed by atoms with E-state index in [0.29, 0.717) is 17.9 Å². The monoisotopic (exact) mass is 519 g/mol. The van der Waals surface area contributed by atoms with Crippen molar-refractivity contribution in [3.05, 3.63) is 114 Å². The summed E-state index contributed by atoms with van der Waals surface area (Å²) in [5.41, 5.74) is 3.60. The molecule has 0 saturated heterocycles. The number of unbranched alkanes of at least 4 members (excludes halogenated alkanes) is 4. The van der Waals surface area contributed by atoms with E-state index in [2.05, 4.69) is 22.1 Å². The van der Waals surface area contributed by atoms with Gasteiger partial charge in [0.1, 0.15) is 11.5 Å². The molecule has 0 heterocycles. The lowest BCUT2D eigenvalue weighted by atomic mass is 10.2. The van der Waals surface area contributed by atoms with Crippen LogP contribution in [0.4, 0.5) is 17.1 Å². The minimum Gasteiger partial charge on any atom is -0.494 e. The van der Waals surface area contributed by atoms with E-state index in [1.54, 1.807) is 42.6 Å². The summed E-state index contributed by atoms with van der Waals surface area (Å²) in [5, 5.41) is 8.47. The summed E-state index contributed by atoms with van der Waals surface area (Å²) in [5.74, 6) is 0.788. The highest BCUT2D eigenvalue weighted by Gasteiger charge is 2.09. The fourth-order valence-corrected chi connectivity index (χ4v) is 3.77. The maximum Gasteiger partial charge on any atom is 0.343 e. The molecule has 0 amide bonds. The van der Waals surface area contributed by atoms with Crippen LogP contribution in [-0.4, -0.2) is 18.8 Å². The number of carbonyl (C=O) groups excluding carboxylic acids is 1. The number of nitrogens with zero attached hydrogens (tertiary/aromatic N) is 3. The van der Waals surface area contributed by atoms with Crippen molar-refractivity contribution in [1.29, 1.82) is 0 Å². The average molecular weight is 520 g/mol. The van der Waals surface area contributed by atoms with Gasteiger partial charge in [0.15, 0.2) is 0 Å². The van der Waals surface area contributed by atoms with Gasteiger partial charge in [0.2, 0.25) is 0 Å². The standard InChI is InChI=1S/C33H33N3O3/c1-2-3-4-5-9-23-38-31-21-15-27(16-22-31)33(37)39-32-14-10-11-26(24-32)25-34-28-17-19-30(20-18-28)36-35-29-12-7-6-8-13-29/h6-8,10-22,24-25H,2-5,9,23H2,1H3. The number of aliphatic imine (C=N–C) groups is 1. The fourth-order valence-electron chi connectivity index (χ4n) is 3.77. The Morgan fingerprint density at radius 1 is 0.692 bits per heavy atom. The third-order valence-corrected chi connectivity index (χ3v) is 5.92. The summed E-state index contributed by atoms with van der Waals surface area (Å²) >= 11 is 0. The van der Waals surface area contributed by atoms with Crippen molar-refractivity contribution in [3.63, 3.8) is 0 Å². The molecule has 4 rings (SSSR count). The molecular formula is C33H33N3O3. The average Bonchev–Trinajstić information content (AvgIpc) is 2.98. The van der Waals surface area contributed by atoms with Gasteiger partial charge in [-0.25, -0.2) is 4.79 Å². The second-order valence-corrected chi connectivity index (χ2v) is 9.06. The Hall–Kier alpha value is -4.58. The van der Waals surface area contributed by atoms with Gasteiger partial charge in [-0.15, -0.1) is 0 Å². The number of carbonyl (C=O) groups is 1. The molecule has 0 aromatic heterocycles. The highest BCUT2D eigenvalue weighted by atomic mass is 16.5. The van der Waals surface area contributed by atoms with Crippen LogP contribution >= 0.6 is 0 Å². The van der Waals surface area contributed by atoms with Crippen molar-refractivity contribution in [1.82, 2.24) is 0 Å². The van der Waals surface area contributed by atoms with E-state index in [-0.39, 0.29) is 0 Å². The molecule has 0 N–H and O–H groups in total. The smallest absolute Gasteiger partial charge is 0.343 e. The molecule has 0 spiro atoms. The fraction of sp³-hybridized carbons (Fsp3) is 0.212. The first kappa shape index (κ1) is 27.5. The molecule has 0 aliphatic carbocycles. The van der Waals surface area contributed by atoms with Crippen LogP contribution in [0.1, 0.15) is 54.9 Å². The maximum absolute atomic E-state index is 12.6. The zero-order valence-electron chi connectivity index (χ0n) is 22.2. The number of azo groups is 1. The Morgan fingerprint density at radius 3 is 2.13 bits per heavy atom. The van der Waals surface area contributed by atoms with Gasteiger partial charge in [-0.1, -0.05) is 62.9 Å². The second kappa shape index (κ2) is 15.0. The number of benzene rings is 4. The minimum absolute atomic E-state index is 0.421. The summed E-state index contributed by atoms with van der Waals surface area (Å²) in [6.45, 7) is 2.89. The first-order valence-corrected chi connectivity index (χ1v) is 13.4. The van der Waals surface area contributed by atoms with Gasteiger partial charge in [-0.05, 0) is 84.8 Å². The minimum atomic E-state index is -0.421. The summed E-state index contributed by atoms with van der Waals surface area (Å²) in [6.07, 6.45) is 7.69. The van der Waals surface area contributed by atoms with E-state index in [1.807, 2.05) is 66.7 Å². The second-order valence-electron chi connectivity index (χ2n) is 9.06. The van der Waals surface area contributed by atoms with E-state index >= 15 is 0 Å². The SMILES string of the molecule is CCCCCCCOc1ccc(C(=O)Oc2cccc(C=Nc3ccc(N=Nc4ccccc4)cc3)c2)cc1. The molecule has 0 aliphatic rings. The molecule has 4 aromatic rings. The number of ether oxygens (including phenoxy) is 2. The molecule has 198 valence electrons. The van der Waals surface area contributed by atoms with Crippen LogP contribution in [0, 0.1) is 0 Å². The van der Waals surface area contributed by atoms with Crippen molar-refractivity contribution >= 4 is 29.2 Å². The first-order valence-electron chi connectivity index (χ1n) is 13.4. The molecule has 4 aromatic carbocycles. The quantitative estimate of drug-likeness (QED) is 0.0580.